The second kappa shape index (κ2) is 5.40. The van der Waals surface area contributed by atoms with E-state index in [0.29, 0.717) is 24.3 Å². The number of pyridine rings is 1. The van der Waals surface area contributed by atoms with Gasteiger partial charge in [0, 0.05) is 24.3 Å². The molecule has 2 bridgehead atoms. The summed E-state index contributed by atoms with van der Waals surface area (Å²) in [4.78, 5) is 15.6. The van der Waals surface area contributed by atoms with Crippen LogP contribution in [-0.4, -0.2) is 29.2 Å². The molecule has 1 heterocycles. The molecule has 5 nitrogen and oxygen atoms in total. The van der Waals surface area contributed by atoms with Crippen LogP contribution in [-0.2, 0) is 11.3 Å². The Morgan fingerprint density at radius 1 is 1.50 bits per heavy atom. The molecule has 4 unspecified atom stereocenters. The lowest BCUT2D eigenvalue weighted by Crippen LogP contribution is -2.43. The summed E-state index contributed by atoms with van der Waals surface area (Å²) in [7, 11) is 1.60. The maximum absolute atomic E-state index is 11.5. The van der Waals surface area contributed by atoms with Gasteiger partial charge in [-0.25, -0.2) is 4.98 Å². The van der Waals surface area contributed by atoms with E-state index in [1.807, 2.05) is 12.1 Å². The third kappa shape index (κ3) is 2.26. The number of carbonyl (C=O) groups is 1. The molecular weight excluding hydrogens is 256 g/mol. The molecule has 2 saturated carbocycles. The van der Waals surface area contributed by atoms with Crippen LogP contribution in [0.4, 0.5) is 0 Å². The van der Waals surface area contributed by atoms with Crippen LogP contribution in [0, 0.1) is 17.8 Å². The normalized spacial score (nSPS) is 31.4. The summed E-state index contributed by atoms with van der Waals surface area (Å²) >= 11 is 0. The molecule has 0 spiro atoms. The SMILES string of the molecule is COc1ncccc1CNC1C2CCC(C2)C1C(=O)O. The number of fused-ring (bicyclic) bond motifs is 2. The Morgan fingerprint density at radius 2 is 2.30 bits per heavy atom. The number of aromatic nitrogens is 1. The molecule has 20 heavy (non-hydrogen) atoms. The molecule has 2 fully saturated rings. The topological polar surface area (TPSA) is 71.5 Å². The van der Waals surface area contributed by atoms with E-state index in [0.717, 1.165) is 24.8 Å². The van der Waals surface area contributed by atoms with Crippen LogP contribution in [0.1, 0.15) is 24.8 Å². The Bertz CT molecular complexity index is 506. The number of nitrogens with one attached hydrogen (secondary N) is 1. The highest BCUT2D eigenvalue weighted by Crippen LogP contribution is 2.48. The van der Waals surface area contributed by atoms with E-state index in [9.17, 15) is 9.90 Å². The zero-order chi connectivity index (χ0) is 14.1. The second-order valence-corrected chi connectivity index (χ2v) is 5.78. The minimum atomic E-state index is -0.659. The zero-order valence-corrected chi connectivity index (χ0v) is 11.6. The summed E-state index contributed by atoms with van der Waals surface area (Å²) in [6.07, 6.45) is 4.96. The van der Waals surface area contributed by atoms with Gasteiger partial charge in [-0.1, -0.05) is 6.07 Å². The van der Waals surface area contributed by atoms with E-state index in [1.165, 1.54) is 0 Å². The molecule has 0 aromatic carbocycles. The summed E-state index contributed by atoms with van der Waals surface area (Å²) in [5, 5.41) is 12.9. The smallest absolute Gasteiger partial charge is 0.308 e. The molecule has 1 aromatic rings. The highest BCUT2D eigenvalue weighted by Gasteiger charge is 2.50. The number of carboxylic acid groups (broad SMARTS) is 1. The first-order valence-electron chi connectivity index (χ1n) is 7.14. The molecule has 0 saturated heterocycles. The van der Waals surface area contributed by atoms with Crippen molar-refractivity contribution in [1.29, 1.82) is 0 Å². The maximum atomic E-state index is 11.5. The van der Waals surface area contributed by atoms with Crippen molar-refractivity contribution in [3.8, 4) is 5.88 Å². The first kappa shape index (κ1) is 13.4. The highest BCUT2D eigenvalue weighted by molar-refractivity contribution is 5.72. The Balaban J connectivity index is 1.70. The van der Waals surface area contributed by atoms with Gasteiger partial charge in [-0.05, 0) is 37.2 Å². The Labute approximate surface area is 118 Å². The minimum absolute atomic E-state index is 0.0798. The Morgan fingerprint density at radius 3 is 3.05 bits per heavy atom. The van der Waals surface area contributed by atoms with E-state index in [2.05, 4.69) is 10.3 Å². The fourth-order valence-electron chi connectivity index (χ4n) is 3.91. The molecule has 108 valence electrons. The monoisotopic (exact) mass is 276 g/mol. The number of rotatable bonds is 5. The maximum Gasteiger partial charge on any atom is 0.308 e. The minimum Gasteiger partial charge on any atom is -0.481 e. The Kier molecular flexibility index (Phi) is 3.61. The number of ether oxygens (including phenoxy) is 1. The molecule has 2 N–H and O–H groups in total. The average molecular weight is 276 g/mol. The molecule has 2 aliphatic carbocycles. The van der Waals surface area contributed by atoms with Crippen molar-refractivity contribution in [3.05, 3.63) is 23.9 Å². The molecule has 4 atom stereocenters. The fraction of sp³-hybridized carbons (Fsp3) is 0.600. The van der Waals surface area contributed by atoms with E-state index >= 15 is 0 Å². The van der Waals surface area contributed by atoms with Gasteiger partial charge in [0.25, 0.3) is 0 Å². The van der Waals surface area contributed by atoms with Crippen molar-refractivity contribution < 1.29 is 14.6 Å². The first-order chi connectivity index (χ1) is 9.70. The van der Waals surface area contributed by atoms with Gasteiger partial charge in [-0.2, -0.15) is 0 Å². The molecule has 5 heteroatoms. The fourth-order valence-corrected chi connectivity index (χ4v) is 3.91. The summed E-state index contributed by atoms with van der Waals surface area (Å²) in [6, 6.07) is 3.91. The zero-order valence-electron chi connectivity index (χ0n) is 11.6. The highest BCUT2D eigenvalue weighted by atomic mass is 16.5. The van der Waals surface area contributed by atoms with Gasteiger partial charge in [-0.15, -0.1) is 0 Å². The van der Waals surface area contributed by atoms with Gasteiger partial charge in [0.15, 0.2) is 0 Å². The van der Waals surface area contributed by atoms with Crippen molar-refractivity contribution in [2.24, 2.45) is 17.8 Å². The lowest BCUT2D eigenvalue weighted by molar-refractivity contribution is -0.144. The van der Waals surface area contributed by atoms with Crippen LogP contribution < -0.4 is 10.1 Å². The van der Waals surface area contributed by atoms with Crippen molar-refractivity contribution in [2.45, 2.75) is 31.8 Å². The number of hydrogen-bond acceptors (Lipinski definition) is 4. The number of methoxy groups -OCH3 is 1. The van der Waals surface area contributed by atoms with Gasteiger partial charge >= 0.3 is 5.97 Å². The molecule has 0 radical (unpaired) electrons. The average Bonchev–Trinajstić information content (AvgIpc) is 3.05. The quantitative estimate of drug-likeness (QED) is 0.856. The van der Waals surface area contributed by atoms with Crippen LogP contribution in [0.3, 0.4) is 0 Å². The van der Waals surface area contributed by atoms with Crippen LogP contribution in [0.15, 0.2) is 18.3 Å². The summed E-state index contributed by atoms with van der Waals surface area (Å²) in [5.41, 5.74) is 0.974. The molecule has 0 amide bonds. The van der Waals surface area contributed by atoms with Crippen LogP contribution in [0.25, 0.3) is 0 Å². The van der Waals surface area contributed by atoms with Gasteiger partial charge in [0.1, 0.15) is 0 Å². The Hall–Kier alpha value is -1.62. The van der Waals surface area contributed by atoms with Gasteiger partial charge in [-0.3, -0.25) is 4.79 Å². The molecule has 1 aromatic heterocycles. The van der Waals surface area contributed by atoms with Crippen LogP contribution >= 0.6 is 0 Å². The van der Waals surface area contributed by atoms with E-state index < -0.39 is 5.97 Å². The molecular formula is C15H20N2O3. The van der Waals surface area contributed by atoms with Gasteiger partial charge in [0.05, 0.1) is 13.0 Å². The summed E-state index contributed by atoms with van der Waals surface area (Å²) in [6.45, 7) is 0.606. The summed E-state index contributed by atoms with van der Waals surface area (Å²) < 4.78 is 5.23. The first-order valence-corrected chi connectivity index (χ1v) is 7.14. The lowest BCUT2D eigenvalue weighted by Gasteiger charge is -2.29. The lowest BCUT2D eigenvalue weighted by atomic mass is 9.84. The van der Waals surface area contributed by atoms with Crippen molar-refractivity contribution in [3.63, 3.8) is 0 Å². The van der Waals surface area contributed by atoms with E-state index in [1.54, 1.807) is 13.3 Å². The van der Waals surface area contributed by atoms with Crippen molar-refractivity contribution in [2.75, 3.05) is 7.11 Å². The number of hydrogen-bond donors (Lipinski definition) is 2. The van der Waals surface area contributed by atoms with Crippen LogP contribution in [0.5, 0.6) is 5.88 Å². The predicted molar refractivity (Wildman–Crippen MR) is 73.4 cm³/mol. The van der Waals surface area contributed by atoms with Crippen LogP contribution in [0.2, 0.25) is 0 Å². The van der Waals surface area contributed by atoms with E-state index in [4.69, 9.17) is 4.74 Å². The molecule has 2 aliphatic rings. The number of aliphatic carboxylic acids is 1. The van der Waals surface area contributed by atoms with Crippen molar-refractivity contribution >= 4 is 5.97 Å². The molecule has 3 rings (SSSR count). The largest absolute Gasteiger partial charge is 0.481 e. The third-order valence-electron chi connectivity index (χ3n) is 4.77. The number of carboxylic acids is 1. The van der Waals surface area contributed by atoms with Gasteiger partial charge < -0.3 is 15.2 Å². The number of nitrogens with zero attached hydrogens (tertiary/aromatic N) is 1. The van der Waals surface area contributed by atoms with Gasteiger partial charge in [0.2, 0.25) is 5.88 Å². The predicted octanol–water partition coefficient (Wildman–Crippen LogP) is 1.68. The van der Waals surface area contributed by atoms with E-state index in [-0.39, 0.29) is 12.0 Å². The molecule has 0 aliphatic heterocycles. The third-order valence-corrected chi connectivity index (χ3v) is 4.77. The standard InChI is InChI=1S/C15H20N2O3/c1-20-14-11(3-2-6-16-14)8-17-13-10-5-4-9(7-10)12(13)15(18)19/h2-3,6,9-10,12-13,17H,4-5,7-8H2,1H3,(H,18,19). The summed E-state index contributed by atoms with van der Waals surface area (Å²) in [5.74, 6) is 0.564. The second-order valence-electron chi connectivity index (χ2n) is 5.78. The van der Waals surface area contributed by atoms with Crippen molar-refractivity contribution in [1.82, 2.24) is 10.3 Å².